The molecule has 0 radical (unpaired) electrons. The smallest absolute Gasteiger partial charge is 0.247 e. The van der Waals surface area contributed by atoms with Crippen LogP contribution in [0.15, 0.2) is 36.4 Å². The number of ether oxygens (including phenoxy) is 1. The van der Waals surface area contributed by atoms with Gasteiger partial charge in [-0.05, 0) is 55.4 Å². The monoisotopic (exact) mass is 531 g/mol. The Morgan fingerprint density at radius 1 is 1.08 bits per heavy atom. The van der Waals surface area contributed by atoms with Crippen molar-refractivity contribution in [1.82, 2.24) is 14.9 Å². The predicted octanol–water partition coefficient (Wildman–Crippen LogP) is 7.23. The highest BCUT2D eigenvalue weighted by molar-refractivity contribution is 6.31. The molecule has 0 spiro atoms. The standard InChI is InChI=1S/C28H32Cl2FN3O2/c29-20-10-6-9-19(13-20)27(28(35)32-21-11-4-5-12-21)34-25-14-22(30)23(31)15-24(25)33-26(34)17-36-16-18-7-2-1-3-8-18/h6,9-10,13-15,18,21,27H,1-5,7-8,11-12,16-17H2,(H,32,35). The van der Waals surface area contributed by atoms with E-state index in [-0.39, 0.29) is 23.6 Å². The lowest BCUT2D eigenvalue weighted by Crippen LogP contribution is -2.39. The van der Waals surface area contributed by atoms with Gasteiger partial charge in [0.15, 0.2) is 0 Å². The summed E-state index contributed by atoms with van der Waals surface area (Å²) in [6, 6.07) is 9.55. The molecule has 0 bridgehead atoms. The Morgan fingerprint density at radius 3 is 2.58 bits per heavy atom. The number of imidazole rings is 1. The van der Waals surface area contributed by atoms with E-state index in [9.17, 15) is 9.18 Å². The van der Waals surface area contributed by atoms with Gasteiger partial charge in [0, 0.05) is 23.7 Å². The highest BCUT2D eigenvalue weighted by atomic mass is 35.5. The molecule has 1 aromatic heterocycles. The number of benzene rings is 2. The third-order valence-corrected chi connectivity index (χ3v) is 8.01. The van der Waals surface area contributed by atoms with E-state index in [1.807, 2.05) is 16.7 Å². The van der Waals surface area contributed by atoms with Crippen molar-refractivity contribution < 1.29 is 13.9 Å². The summed E-state index contributed by atoms with van der Waals surface area (Å²) in [7, 11) is 0. The number of amides is 1. The van der Waals surface area contributed by atoms with E-state index in [2.05, 4.69) is 5.32 Å². The molecule has 192 valence electrons. The van der Waals surface area contributed by atoms with Crippen LogP contribution in [0.2, 0.25) is 10.0 Å². The average molecular weight is 532 g/mol. The van der Waals surface area contributed by atoms with Crippen LogP contribution in [0.3, 0.4) is 0 Å². The minimum absolute atomic E-state index is 0.0145. The zero-order chi connectivity index (χ0) is 25.1. The molecule has 8 heteroatoms. The van der Waals surface area contributed by atoms with E-state index in [0.717, 1.165) is 31.2 Å². The molecule has 2 saturated carbocycles. The molecular weight excluding hydrogens is 500 g/mol. The number of nitrogens with one attached hydrogen (secondary N) is 1. The van der Waals surface area contributed by atoms with Crippen molar-refractivity contribution in [3.8, 4) is 0 Å². The SMILES string of the molecule is O=C(NC1CCCC1)C(c1cccc(Cl)c1)n1c(COCC2CCCCC2)nc2cc(F)c(Cl)cc21. The van der Waals surface area contributed by atoms with Gasteiger partial charge in [0.05, 0.1) is 16.1 Å². The van der Waals surface area contributed by atoms with E-state index < -0.39 is 11.9 Å². The van der Waals surface area contributed by atoms with Crippen molar-refractivity contribution in [2.45, 2.75) is 76.5 Å². The second-order valence-corrected chi connectivity index (χ2v) is 11.0. The van der Waals surface area contributed by atoms with Crippen LogP contribution in [-0.4, -0.2) is 28.1 Å². The van der Waals surface area contributed by atoms with E-state index in [4.69, 9.17) is 32.9 Å². The van der Waals surface area contributed by atoms with Gasteiger partial charge >= 0.3 is 0 Å². The molecule has 1 unspecified atom stereocenters. The number of rotatable bonds is 8. The second-order valence-electron chi connectivity index (χ2n) is 10.1. The van der Waals surface area contributed by atoms with Crippen LogP contribution in [0.5, 0.6) is 0 Å². The van der Waals surface area contributed by atoms with Crippen molar-refractivity contribution in [1.29, 1.82) is 0 Å². The molecule has 0 aliphatic heterocycles. The Hall–Kier alpha value is -2.15. The molecule has 2 fully saturated rings. The lowest BCUT2D eigenvalue weighted by atomic mass is 9.90. The third-order valence-electron chi connectivity index (χ3n) is 7.49. The topological polar surface area (TPSA) is 56.2 Å². The highest BCUT2D eigenvalue weighted by Crippen LogP contribution is 2.32. The lowest BCUT2D eigenvalue weighted by molar-refractivity contribution is -0.123. The van der Waals surface area contributed by atoms with Crippen molar-refractivity contribution in [3.05, 3.63) is 63.6 Å². The number of nitrogens with zero attached hydrogens (tertiary/aromatic N) is 2. The molecule has 2 aliphatic rings. The summed E-state index contributed by atoms with van der Waals surface area (Å²) < 4.78 is 22.4. The van der Waals surface area contributed by atoms with Gasteiger partial charge in [-0.1, -0.05) is 67.4 Å². The van der Waals surface area contributed by atoms with Gasteiger partial charge in [-0.15, -0.1) is 0 Å². The number of fused-ring (bicyclic) bond motifs is 1. The van der Waals surface area contributed by atoms with Gasteiger partial charge in [-0.25, -0.2) is 9.37 Å². The molecule has 1 amide bonds. The zero-order valence-corrected chi connectivity index (χ0v) is 21.8. The minimum Gasteiger partial charge on any atom is -0.373 e. The van der Waals surface area contributed by atoms with Crippen LogP contribution < -0.4 is 5.32 Å². The number of aromatic nitrogens is 2. The van der Waals surface area contributed by atoms with Crippen molar-refractivity contribution in [2.75, 3.05) is 6.61 Å². The second kappa shape index (κ2) is 11.5. The van der Waals surface area contributed by atoms with Crippen molar-refractivity contribution in [3.63, 3.8) is 0 Å². The molecule has 1 N–H and O–H groups in total. The van der Waals surface area contributed by atoms with Crippen LogP contribution >= 0.6 is 23.2 Å². The van der Waals surface area contributed by atoms with Crippen molar-refractivity contribution >= 4 is 40.1 Å². The summed E-state index contributed by atoms with van der Waals surface area (Å²) in [5.74, 6) is 0.419. The molecule has 1 atom stereocenters. The van der Waals surface area contributed by atoms with Crippen LogP contribution in [0.4, 0.5) is 4.39 Å². The van der Waals surface area contributed by atoms with Gasteiger partial charge in [-0.2, -0.15) is 0 Å². The molecule has 2 aromatic carbocycles. The van der Waals surface area contributed by atoms with Crippen LogP contribution in [0.1, 0.15) is 75.2 Å². The summed E-state index contributed by atoms with van der Waals surface area (Å²) >= 11 is 12.5. The van der Waals surface area contributed by atoms with Gasteiger partial charge in [0.1, 0.15) is 24.3 Å². The van der Waals surface area contributed by atoms with Crippen LogP contribution in [0, 0.1) is 11.7 Å². The van der Waals surface area contributed by atoms with Gasteiger partial charge in [0.25, 0.3) is 0 Å². The minimum atomic E-state index is -0.746. The molecule has 1 heterocycles. The maximum absolute atomic E-state index is 14.4. The Balaban J connectivity index is 1.54. The normalized spacial score (nSPS) is 18.1. The Bertz CT molecular complexity index is 1220. The lowest BCUT2D eigenvalue weighted by Gasteiger charge is -2.25. The van der Waals surface area contributed by atoms with Crippen molar-refractivity contribution in [2.24, 2.45) is 5.92 Å². The first kappa shape index (κ1) is 25.5. The fraction of sp³-hybridized carbons (Fsp3) is 0.500. The Morgan fingerprint density at radius 2 is 1.83 bits per heavy atom. The van der Waals surface area contributed by atoms with Gasteiger partial charge < -0.3 is 14.6 Å². The molecule has 2 aliphatic carbocycles. The van der Waals surface area contributed by atoms with Crippen LogP contribution in [-0.2, 0) is 16.1 Å². The maximum Gasteiger partial charge on any atom is 0.247 e. The molecule has 36 heavy (non-hydrogen) atoms. The van der Waals surface area contributed by atoms with Gasteiger partial charge in [-0.3, -0.25) is 4.79 Å². The fourth-order valence-electron chi connectivity index (χ4n) is 5.65. The maximum atomic E-state index is 14.4. The number of hydrogen-bond donors (Lipinski definition) is 1. The number of carbonyl (C=O) groups is 1. The Kier molecular flexibility index (Phi) is 8.14. The summed E-state index contributed by atoms with van der Waals surface area (Å²) in [6.45, 7) is 0.868. The van der Waals surface area contributed by atoms with E-state index in [0.29, 0.717) is 34.4 Å². The fourth-order valence-corrected chi connectivity index (χ4v) is 6.00. The first-order valence-electron chi connectivity index (χ1n) is 13.0. The summed E-state index contributed by atoms with van der Waals surface area (Å²) in [5.41, 5.74) is 1.75. The molecule has 5 rings (SSSR count). The summed E-state index contributed by atoms with van der Waals surface area (Å²) in [6.07, 6.45) is 10.3. The largest absolute Gasteiger partial charge is 0.373 e. The highest BCUT2D eigenvalue weighted by Gasteiger charge is 2.30. The molecule has 3 aromatic rings. The molecule has 0 saturated heterocycles. The predicted molar refractivity (Wildman–Crippen MR) is 141 cm³/mol. The number of carbonyl (C=O) groups excluding carboxylic acids is 1. The van der Waals surface area contributed by atoms with Crippen LogP contribution in [0.25, 0.3) is 11.0 Å². The first-order valence-corrected chi connectivity index (χ1v) is 13.7. The van der Waals surface area contributed by atoms with Gasteiger partial charge in [0.2, 0.25) is 5.91 Å². The van der Waals surface area contributed by atoms with E-state index in [1.54, 1.807) is 18.2 Å². The zero-order valence-electron chi connectivity index (χ0n) is 20.3. The third kappa shape index (κ3) is 5.71. The summed E-state index contributed by atoms with van der Waals surface area (Å²) in [4.78, 5) is 18.5. The first-order chi connectivity index (χ1) is 17.5. The average Bonchev–Trinajstić information content (AvgIpc) is 3.49. The number of hydrogen-bond acceptors (Lipinski definition) is 3. The van der Waals surface area contributed by atoms with E-state index in [1.165, 1.54) is 38.2 Å². The quantitative estimate of drug-likeness (QED) is 0.333. The molecular formula is C28H32Cl2FN3O2. The summed E-state index contributed by atoms with van der Waals surface area (Å²) in [5, 5.41) is 3.75. The van der Waals surface area contributed by atoms with E-state index >= 15 is 0 Å². The number of halogens is 3. The molecule has 5 nitrogen and oxygen atoms in total. The Labute approximate surface area is 221 Å².